The van der Waals surface area contributed by atoms with Gasteiger partial charge in [0.15, 0.2) is 11.6 Å². The maximum absolute atomic E-state index is 13.4. The largest absolute Gasteiger partial charge is 0.385 e. The molecule has 1 aromatic heterocycles. The molecule has 0 amide bonds. The highest BCUT2D eigenvalue weighted by molar-refractivity contribution is 5.40. The van der Waals surface area contributed by atoms with E-state index in [2.05, 4.69) is 20.6 Å². The minimum absolute atomic E-state index is 0.257. The van der Waals surface area contributed by atoms with E-state index in [1.165, 1.54) is 6.20 Å². The molecule has 0 unspecified atom stereocenters. The fourth-order valence-corrected chi connectivity index (χ4v) is 1.49. The van der Waals surface area contributed by atoms with Crippen molar-refractivity contribution in [2.75, 3.05) is 37.4 Å². The van der Waals surface area contributed by atoms with Crippen molar-refractivity contribution in [1.29, 1.82) is 0 Å². The van der Waals surface area contributed by atoms with Crippen molar-refractivity contribution >= 4 is 11.8 Å². The van der Waals surface area contributed by atoms with Crippen LogP contribution in [0.2, 0.25) is 0 Å². The van der Waals surface area contributed by atoms with E-state index in [0.29, 0.717) is 19.0 Å². The monoisotopic (exact) mass is 256 g/mol. The molecule has 0 aliphatic heterocycles. The Morgan fingerprint density at radius 3 is 2.83 bits per heavy atom. The number of hydrogen-bond donors (Lipinski definition) is 2. The minimum atomic E-state index is -0.423. The summed E-state index contributed by atoms with van der Waals surface area (Å²) < 4.78 is 18.4. The third-order valence-electron chi connectivity index (χ3n) is 2.40. The van der Waals surface area contributed by atoms with E-state index in [1.807, 2.05) is 6.92 Å². The molecular formula is C12H21FN4O. The SMILES string of the molecule is CCNc1ncc(F)c(NCCCCCOC)n1. The fraction of sp³-hybridized carbons (Fsp3) is 0.667. The molecule has 0 saturated heterocycles. The summed E-state index contributed by atoms with van der Waals surface area (Å²) in [5.74, 6) is 0.280. The Kier molecular flexibility index (Phi) is 7.01. The van der Waals surface area contributed by atoms with Gasteiger partial charge in [-0.3, -0.25) is 0 Å². The lowest BCUT2D eigenvalue weighted by Gasteiger charge is -2.08. The summed E-state index contributed by atoms with van der Waals surface area (Å²) in [7, 11) is 1.69. The summed E-state index contributed by atoms with van der Waals surface area (Å²) in [6, 6.07) is 0. The van der Waals surface area contributed by atoms with Crippen LogP contribution in [-0.2, 0) is 4.74 Å². The Morgan fingerprint density at radius 1 is 1.28 bits per heavy atom. The zero-order valence-electron chi connectivity index (χ0n) is 11.0. The number of ether oxygens (including phenoxy) is 1. The lowest BCUT2D eigenvalue weighted by molar-refractivity contribution is 0.192. The van der Waals surface area contributed by atoms with Gasteiger partial charge in [-0.15, -0.1) is 0 Å². The molecule has 0 bridgehead atoms. The van der Waals surface area contributed by atoms with Gasteiger partial charge in [0.2, 0.25) is 5.95 Å². The van der Waals surface area contributed by atoms with Crippen molar-refractivity contribution in [2.45, 2.75) is 26.2 Å². The molecule has 1 rings (SSSR count). The average molecular weight is 256 g/mol. The molecule has 5 nitrogen and oxygen atoms in total. The van der Waals surface area contributed by atoms with Gasteiger partial charge in [-0.2, -0.15) is 4.98 Å². The Hall–Kier alpha value is -1.43. The van der Waals surface area contributed by atoms with Crippen LogP contribution in [0.4, 0.5) is 16.2 Å². The van der Waals surface area contributed by atoms with Gasteiger partial charge in [0.05, 0.1) is 6.20 Å². The van der Waals surface area contributed by atoms with Crippen LogP contribution >= 0.6 is 0 Å². The predicted molar refractivity (Wildman–Crippen MR) is 70.4 cm³/mol. The first-order chi connectivity index (χ1) is 8.77. The van der Waals surface area contributed by atoms with Gasteiger partial charge in [-0.1, -0.05) is 0 Å². The Bertz CT molecular complexity index is 349. The molecule has 0 aromatic carbocycles. The number of hydrogen-bond acceptors (Lipinski definition) is 5. The highest BCUT2D eigenvalue weighted by atomic mass is 19.1. The first kappa shape index (κ1) is 14.6. The molecule has 0 aliphatic rings. The van der Waals surface area contributed by atoms with E-state index in [0.717, 1.165) is 25.9 Å². The maximum Gasteiger partial charge on any atom is 0.224 e. The third kappa shape index (κ3) is 5.27. The van der Waals surface area contributed by atoms with Crippen LogP contribution in [0.1, 0.15) is 26.2 Å². The smallest absolute Gasteiger partial charge is 0.224 e. The number of nitrogens with one attached hydrogen (secondary N) is 2. The van der Waals surface area contributed by atoms with Gasteiger partial charge in [0.25, 0.3) is 0 Å². The van der Waals surface area contributed by atoms with Crippen molar-refractivity contribution in [1.82, 2.24) is 9.97 Å². The minimum Gasteiger partial charge on any atom is -0.385 e. The standard InChI is InChI=1S/C12H21FN4O/c1-3-14-12-16-9-10(13)11(17-12)15-7-5-4-6-8-18-2/h9H,3-8H2,1-2H3,(H2,14,15,16,17). The molecule has 0 atom stereocenters. The van der Waals surface area contributed by atoms with E-state index in [-0.39, 0.29) is 5.82 Å². The van der Waals surface area contributed by atoms with Gasteiger partial charge in [-0.25, -0.2) is 9.37 Å². The number of anilines is 2. The first-order valence-electron chi connectivity index (χ1n) is 6.27. The molecule has 6 heteroatoms. The molecule has 0 radical (unpaired) electrons. The second-order valence-electron chi connectivity index (χ2n) is 3.90. The first-order valence-corrected chi connectivity index (χ1v) is 6.27. The molecule has 102 valence electrons. The van der Waals surface area contributed by atoms with Crippen LogP contribution in [0.25, 0.3) is 0 Å². The summed E-state index contributed by atoms with van der Waals surface area (Å²) in [6.07, 6.45) is 4.21. The highest BCUT2D eigenvalue weighted by Crippen LogP contribution is 2.11. The van der Waals surface area contributed by atoms with Crippen LogP contribution in [0, 0.1) is 5.82 Å². The summed E-state index contributed by atoms with van der Waals surface area (Å²) in [4.78, 5) is 7.91. The summed E-state index contributed by atoms with van der Waals surface area (Å²) in [5.41, 5.74) is 0. The molecule has 0 aliphatic carbocycles. The number of halogens is 1. The van der Waals surface area contributed by atoms with Gasteiger partial charge in [-0.05, 0) is 26.2 Å². The van der Waals surface area contributed by atoms with Gasteiger partial charge < -0.3 is 15.4 Å². The number of unbranched alkanes of at least 4 members (excludes halogenated alkanes) is 2. The van der Waals surface area contributed by atoms with E-state index < -0.39 is 5.82 Å². The molecule has 0 saturated carbocycles. The topological polar surface area (TPSA) is 59.1 Å². The van der Waals surface area contributed by atoms with Crippen molar-refractivity contribution < 1.29 is 9.13 Å². The summed E-state index contributed by atoms with van der Waals surface area (Å²) >= 11 is 0. The second-order valence-corrected chi connectivity index (χ2v) is 3.90. The average Bonchev–Trinajstić information content (AvgIpc) is 2.37. The van der Waals surface area contributed by atoms with E-state index in [1.54, 1.807) is 7.11 Å². The molecule has 2 N–H and O–H groups in total. The van der Waals surface area contributed by atoms with Gasteiger partial charge in [0, 0.05) is 26.8 Å². The highest BCUT2D eigenvalue weighted by Gasteiger charge is 2.05. The predicted octanol–water partition coefficient (Wildman–Crippen LogP) is 2.28. The molecule has 1 heterocycles. The Labute approximate surface area is 107 Å². The lowest BCUT2D eigenvalue weighted by Crippen LogP contribution is -2.09. The number of rotatable bonds is 9. The normalized spacial score (nSPS) is 10.4. The quantitative estimate of drug-likeness (QED) is 0.664. The van der Waals surface area contributed by atoms with Gasteiger partial charge in [0.1, 0.15) is 0 Å². The Morgan fingerprint density at radius 2 is 2.11 bits per heavy atom. The van der Waals surface area contributed by atoms with Gasteiger partial charge >= 0.3 is 0 Å². The van der Waals surface area contributed by atoms with Crippen molar-refractivity contribution in [2.24, 2.45) is 0 Å². The van der Waals surface area contributed by atoms with Crippen molar-refractivity contribution in [3.8, 4) is 0 Å². The number of aromatic nitrogens is 2. The van der Waals surface area contributed by atoms with Crippen molar-refractivity contribution in [3.05, 3.63) is 12.0 Å². The van der Waals surface area contributed by atoms with E-state index >= 15 is 0 Å². The van der Waals surface area contributed by atoms with E-state index in [4.69, 9.17) is 4.74 Å². The molecule has 18 heavy (non-hydrogen) atoms. The third-order valence-corrected chi connectivity index (χ3v) is 2.40. The maximum atomic E-state index is 13.4. The molecule has 0 fully saturated rings. The number of nitrogens with zero attached hydrogens (tertiary/aromatic N) is 2. The van der Waals surface area contributed by atoms with Crippen LogP contribution < -0.4 is 10.6 Å². The number of methoxy groups -OCH3 is 1. The fourth-order valence-electron chi connectivity index (χ4n) is 1.49. The zero-order chi connectivity index (χ0) is 13.2. The van der Waals surface area contributed by atoms with Crippen LogP contribution in [0.5, 0.6) is 0 Å². The molecular weight excluding hydrogens is 235 g/mol. The van der Waals surface area contributed by atoms with E-state index in [9.17, 15) is 4.39 Å². The molecule has 0 spiro atoms. The van der Waals surface area contributed by atoms with Crippen LogP contribution in [0.3, 0.4) is 0 Å². The lowest BCUT2D eigenvalue weighted by atomic mass is 10.2. The summed E-state index contributed by atoms with van der Waals surface area (Å²) in [6.45, 7) is 4.12. The second kappa shape index (κ2) is 8.63. The zero-order valence-corrected chi connectivity index (χ0v) is 11.0. The van der Waals surface area contributed by atoms with Crippen LogP contribution in [-0.4, -0.2) is 36.8 Å². The molecule has 1 aromatic rings. The summed E-state index contributed by atoms with van der Waals surface area (Å²) in [5, 5.41) is 5.93. The van der Waals surface area contributed by atoms with Crippen LogP contribution in [0.15, 0.2) is 6.20 Å². The Balaban J connectivity index is 2.34. The van der Waals surface area contributed by atoms with Crippen molar-refractivity contribution in [3.63, 3.8) is 0 Å².